The number of rotatable bonds is 3. The van der Waals surface area contributed by atoms with Gasteiger partial charge < -0.3 is 15.6 Å². The molecule has 1 amide bonds. The second-order valence-electron chi connectivity index (χ2n) is 6.04. The van der Waals surface area contributed by atoms with Crippen molar-refractivity contribution in [2.75, 3.05) is 0 Å². The summed E-state index contributed by atoms with van der Waals surface area (Å²) in [5.74, 6) is -0.513. The van der Waals surface area contributed by atoms with Crippen molar-refractivity contribution in [1.29, 1.82) is 0 Å². The van der Waals surface area contributed by atoms with Crippen LogP contribution in [-0.2, 0) is 0 Å². The van der Waals surface area contributed by atoms with Crippen molar-refractivity contribution in [1.82, 2.24) is 20.6 Å². The van der Waals surface area contributed by atoms with Gasteiger partial charge in [-0.05, 0) is 37.5 Å². The van der Waals surface area contributed by atoms with Crippen molar-refractivity contribution in [2.45, 2.75) is 37.4 Å². The molecule has 2 aromatic heterocycles. The quantitative estimate of drug-likeness (QED) is 0.810. The Morgan fingerprint density at radius 3 is 2.95 bits per heavy atom. The summed E-state index contributed by atoms with van der Waals surface area (Å²) in [5.41, 5.74) is 1.80. The monoisotopic (exact) mass is 300 g/mol. The number of amides is 1. The molecule has 0 saturated carbocycles. The summed E-state index contributed by atoms with van der Waals surface area (Å²) in [6.45, 7) is 0. The SMILES string of the molecule is O=C(N[C@@H]1C[C@H]2CC[C@@H]1N2)c1ccc(-c2cncc(F)c2)[nH]1. The number of hydrogen-bond acceptors (Lipinski definition) is 3. The van der Waals surface area contributed by atoms with Crippen LogP contribution in [0.5, 0.6) is 0 Å². The number of carbonyl (C=O) groups excluding carboxylic acids is 1. The molecule has 2 fully saturated rings. The fourth-order valence-electron chi connectivity index (χ4n) is 3.48. The lowest BCUT2D eigenvalue weighted by Crippen LogP contribution is -2.43. The largest absolute Gasteiger partial charge is 0.351 e. The summed E-state index contributed by atoms with van der Waals surface area (Å²) in [6.07, 6.45) is 6.05. The summed E-state index contributed by atoms with van der Waals surface area (Å²) in [5, 5.41) is 6.58. The molecule has 0 radical (unpaired) electrons. The van der Waals surface area contributed by atoms with E-state index in [0.29, 0.717) is 29.0 Å². The summed E-state index contributed by atoms with van der Waals surface area (Å²) in [6, 6.07) is 6.03. The number of halogens is 1. The molecule has 114 valence electrons. The molecule has 0 unspecified atom stereocenters. The first-order valence-corrected chi connectivity index (χ1v) is 7.56. The van der Waals surface area contributed by atoms with Gasteiger partial charge in [-0.25, -0.2) is 4.39 Å². The first-order chi connectivity index (χ1) is 10.7. The number of carbonyl (C=O) groups is 1. The first-order valence-electron chi connectivity index (χ1n) is 7.56. The number of aromatic nitrogens is 2. The molecular weight excluding hydrogens is 283 g/mol. The van der Waals surface area contributed by atoms with Gasteiger partial charge in [0, 0.05) is 35.6 Å². The van der Waals surface area contributed by atoms with E-state index < -0.39 is 5.82 Å². The zero-order chi connectivity index (χ0) is 15.1. The molecule has 0 aliphatic carbocycles. The minimum absolute atomic E-state index is 0.116. The van der Waals surface area contributed by atoms with Crippen molar-refractivity contribution in [2.24, 2.45) is 0 Å². The molecule has 3 atom stereocenters. The van der Waals surface area contributed by atoms with Gasteiger partial charge in [-0.2, -0.15) is 0 Å². The lowest BCUT2D eigenvalue weighted by molar-refractivity contribution is 0.0926. The van der Waals surface area contributed by atoms with Gasteiger partial charge in [0.15, 0.2) is 0 Å². The van der Waals surface area contributed by atoms with Crippen LogP contribution in [0.3, 0.4) is 0 Å². The van der Waals surface area contributed by atoms with E-state index in [1.165, 1.54) is 12.5 Å². The Hall–Kier alpha value is -2.21. The van der Waals surface area contributed by atoms with Gasteiger partial charge in [-0.1, -0.05) is 0 Å². The number of fused-ring (bicyclic) bond motifs is 2. The molecule has 2 aromatic rings. The number of aromatic amines is 1. The highest BCUT2D eigenvalue weighted by molar-refractivity contribution is 5.93. The Kier molecular flexibility index (Phi) is 3.18. The Morgan fingerprint density at radius 2 is 2.23 bits per heavy atom. The van der Waals surface area contributed by atoms with Gasteiger partial charge in [-0.15, -0.1) is 0 Å². The molecule has 2 aliphatic rings. The van der Waals surface area contributed by atoms with E-state index in [4.69, 9.17) is 0 Å². The third kappa shape index (κ3) is 2.39. The van der Waals surface area contributed by atoms with Crippen LogP contribution >= 0.6 is 0 Å². The van der Waals surface area contributed by atoms with Crippen molar-refractivity contribution in [3.63, 3.8) is 0 Å². The van der Waals surface area contributed by atoms with E-state index in [0.717, 1.165) is 19.0 Å². The minimum Gasteiger partial charge on any atom is -0.351 e. The van der Waals surface area contributed by atoms with Crippen LogP contribution in [0, 0.1) is 5.82 Å². The Bertz CT molecular complexity index is 714. The second-order valence-corrected chi connectivity index (χ2v) is 6.04. The van der Waals surface area contributed by atoms with Gasteiger partial charge in [-0.3, -0.25) is 9.78 Å². The highest BCUT2D eigenvalue weighted by Crippen LogP contribution is 2.28. The maximum absolute atomic E-state index is 13.2. The Labute approximate surface area is 127 Å². The van der Waals surface area contributed by atoms with Crippen LogP contribution in [0.15, 0.2) is 30.6 Å². The van der Waals surface area contributed by atoms with E-state index in [9.17, 15) is 9.18 Å². The predicted octanol–water partition coefficient (Wildman–Crippen LogP) is 1.84. The average Bonchev–Trinajstić information content (AvgIpc) is 3.23. The van der Waals surface area contributed by atoms with E-state index >= 15 is 0 Å². The second kappa shape index (κ2) is 5.21. The van der Waals surface area contributed by atoms with Gasteiger partial charge in [0.25, 0.3) is 5.91 Å². The third-order valence-electron chi connectivity index (χ3n) is 4.56. The predicted molar refractivity (Wildman–Crippen MR) is 79.8 cm³/mol. The van der Waals surface area contributed by atoms with Crippen molar-refractivity contribution in [3.05, 3.63) is 42.1 Å². The van der Waals surface area contributed by atoms with E-state index in [-0.39, 0.29) is 11.9 Å². The highest BCUT2D eigenvalue weighted by atomic mass is 19.1. The lowest BCUT2D eigenvalue weighted by Gasteiger charge is -2.21. The molecule has 0 spiro atoms. The van der Waals surface area contributed by atoms with E-state index in [1.54, 1.807) is 18.3 Å². The molecule has 3 N–H and O–H groups in total. The van der Waals surface area contributed by atoms with Crippen molar-refractivity contribution < 1.29 is 9.18 Å². The van der Waals surface area contributed by atoms with Gasteiger partial charge in [0.1, 0.15) is 11.5 Å². The van der Waals surface area contributed by atoms with Crippen molar-refractivity contribution in [3.8, 4) is 11.3 Å². The topological polar surface area (TPSA) is 69.8 Å². The Morgan fingerprint density at radius 1 is 1.32 bits per heavy atom. The standard InChI is InChI=1S/C16H17FN4O/c17-10-5-9(7-18-8-10)12-3-4-14(20-12)16(22)21-15-6-11-1-2-13(15)19-11/h3-5,7-8,11,13,15,19-20H,1-2,6H2,(H,21,22)/t11-,13+,15-/m1/s1. The van der Waals surface area contributed by atoms with E-state index in [1.807, 2.05) is 0 Å². The normalized spacial score (nSPS) is 26.3. The summed E-state index contributed by atoms with van der Waals surface area (Å²) < 4.78 is 13.2. The lowest BCUT2D eigenvalue weighted by atomic mass is 9.95. The van der Waals surface area contributed by atoms with Gasteiger partial charge >= 0.3 is 0 Å². The van der Waals surface area contributed by atoms with Crippen LogP contribution in [0.2, 0.25) is 0 Å². The molecule has 6 heteroatoms. The number of H-pyrrole nitrogens is 1. The molecule has 22 heavy (non-hydrogen) atoms. The molecule has 2 aliphatic heterocycles. The number of nitrogens with one attached hydrogen (secondary N) is 3. The number of pyridine rings is 1. The van der Waals surface area contributed by atoms with Crippen LogP contribution in [0.1, 0.15) is 29.8 Å². The fourth-order valence-corrected chi connectivity index (χ4v) is 3.48. The zero-order valence-electron chi connectivity index (χ0n) is 12.0. The number of hydrogen-bond donors (Lipinski definition) is 3. The fraction of sp³-hybridized carbons (Fsp3) is 0.375. The summed E-state index contributed by atoms with van der Waals surface area (Å²) in [4.78, 5) is 19.2. The van der Waals surface area contributed by atoms with Crippen LogP contribution in [-0.4, -0.2) is 34.0 Å². The summed E-state index contributed by atoms with van der Waals surface area (Å²) in [7, 11) is 0. The zero-order valence-corrected chi connectivity index (χ0v) is 12.0. The van der Waals surface area contributed by atoms with Crippen molar-refractivity contribution >= 4 is 5.91 Å². The minimum atomic E-state index is -0.397. The van der Waals surface area contributed by atoms with Crippen LogP contribution < -0.4 is 10.6 Å². The first kappa shape index (κ1) is 13.5. The molecule has 2 bridgehead atoms. The number of nitrogens with zero attached hydrogens (tertiary/aromatic N) is 1. The molecular formula is C16H17FN4O. The maximum atomic E-state index is 13.2. The molecule has 4 rings (SSSR count). The molecule has 5 nitrogen and oxygen atoms in total. The smallest absolute Gasteiger partial charge is 0.267 e. The van der Waals surface area contributed by atoms with E-state index in [2.05, 4.69) is 20.6 Å². The highest BCUT2D eigenvalue weighted by Gasteiger charge is 2.39. The molecule has 0 aromatic carbocycles. The van der Waals surface area contributed by atoms with Gasteiger partial charge in [0.2, 0.25) is 0 Å². The van der Waals surface area contributed by atoms with Crippen LogP contribution in [0.25, 0.3) is 11.3 Å². The molecule has 2 saturated heterocycles. The molecule has 4 heterocycles. The third-order valence-corrected chi connectivity index (χ3v) is 4.56. The Balaban J connectivity index is 1.48. The summed E-state index contributed by atoms with van der Waals surface area (Å²) >= 11 is 0. The van der Waals surface area contributed by atoms with Crippen LogP contribution in [0.4, 0.5) is 4.39 Å². The average molecular weight is 300 g/mol. The van der Waals surface area contributed by atoms with Gasteiger partial charge in [0.05, 0.1) is 6.20 Å². The maximum Gasteiger partial charge on any atom is 0.267 e.